The zero-order valence-corrected chi connectivity index (χ0v) is 9.59. The standard InChI is InChI=1S/C11H10ClNO3/c1-15-8-5-7(12)11(16-2)6-3-4-9(14)13-10(6)8/h3-5H,1-2H3,(H,13,14). The third kappa shape index (κ3) is 1.61. The first kappa shape index (κ1) is 10.8. The number of aromatic nitrogens is 1. The fourth-order valence-electron chi connectivity index (χ4n) is 1.61. The fraction of sp³-hybridized carbons (Fsp3) is 0.182. The van der Waals surface area contributed by atoms with Gasteiger partial charge >= 0.3 is 0 Å². The minimum Gasteiger partial charge on any atom is -0.494 e. The average molecular weight is 240 g/mol. The molecule has 0 saturated carbocycles. The van der Waals surface area contributed by atoms with E-state index in [2.05, 4.69) is 4.98 Å². The van der Waals surface area contributed by atoms with Crippen LogP contribution in [-0.4, -0.2) is 19.2 Å². The molecule has 5 heteroatoms. The van der Waals surface area contributed by atoms with Crippen LogP contribution < -0.4 is 15.0 Å². The molecular weight excluding hydrogens is 230 g/mol. The number of rotatable bonds is 2. The molecule has 0 aliphatic carbocycles. The first-order valence-corrected chi connectivity index (χ1v) is 4.98. The van der Waals surface area contributed by atoms with Crippen molar-refractivity contribution in [2.45, 2.75) is 0 Å². The quantitative estimate of drug-likeness (QED) is 0.874. The van der Waals surface area contributed by atoms with E-state index < -0.39 is 0 Å². The number of halogens is 1. The van der Waals surface area contributed by atoms with E-state index in [1.807, 2.05) is 0 Å². The van der Waals surface area contributed by atoms with Crippen molar-refractivity contribution >= 4 is 22.5 Å². The molecule has 0 saturated heterocycles. The summed E-state index contributed by atoms with van der Waals surface area (Å²) in [6.45, 7) is 0. The van der Waals surface area contributed by atoms with Crippen LogP contribution in [-0.2, 0) is 0 Å². The lowest BCUT2D eigenvalue weighted by Crippen LogP contribution is -2.04. The lowest BCUT2D eigenvalue weighted by Gasteiger charge is -2.10. The van der Waals surface area contributed by atoms with E-state index in [9.17, 15) is 4.79 Å². The van der Waals surface area contributed by atoms with E-state index in [1.54, 1.807) is 12.1 Å². The molecule has 1 aromatic heterocycles. The summed E-state index contributed by atoms with van der Waals surface area (Å²) in [5.41, 5.74) is 0.381. The SMILES string of the molecule is COc1c(Cl)cc(OC)c2[nH]c(=O)ccc12. The number of aromatic amines is 1. The Morgan fingerprint density at radius 3 is 2.62 bits per heavy atom. The number of fused-ring (bicyclic) bond motifs is 1. The molecule has 0 aliphatic rings. The van der Waals surface area contributed by atoms with Gasteiger partial charge in [0.15, 0.2) is 0 Å². The molecule has 2 aromatic rings. The molecule has 4 nitrogen and oxygen atoms in total. The molecule has 0 bridgehead atoms. The molecule has 0 fully saturated rings. The van der Waals surface area contributed by atoms with Crippen LogP contribution in [0.15, 0.2) is 23.0 Å². The van der Waals surface area contributed by atoms with Crippen LogP contribution in [0.2, 0.25) is 5.02 Å². The highest BCUT2D eigenvalue weighted by molar-refractivity contribution is 6.33. The normalized spacial score (nSPS) is 10.4. The van der Waals surface area contributed by atoms with E-state index >= 15 is 0 Å². The second-order valence-electron chi connectivity index (χ2n) is 3.21. The Labute approximate surface area is 96.8 Å². The van der Waals surface area contributed by atoms with Gasteiger partial charge in [-0.15, -0.1) is 0 Å². The number of hydrogen-bond donors (Lipinski definition) is 1. The van der Waals surface area contributed by atoms with Gasteiger partial charge in [-0.1, -0.05) is 11.6 Å². The van der Waals surface area contributed by atoms with Crippen molar-refractivity contribution in [1.29, 1.82) is 0 Å². The van der Waals surface area contributed by atoms with Gasteiger partial charge in [-0.25, -0.2) is 0 Å². The number of ether oxygens (including phenoxy) is 2. The van der Waals surface area contributed by atoms with E-state index in [0.29, 0.717) is 27.4 Å². The monoisotopic (exact) mass is 239 g/mol. The molecule has 0 radical (unpaired) electrons. The number of nitrogens with one attached hydrogen (secondary N) is 1. The van der Waals surface area contributed by atoms with Gasteiger partial charge in [-0.2, -0.15) is 0 Å². The summed E-state index contributed by atoms with van der Waals surface area (Å²) in [4.78, 5) is 13.9. The Morgan fingerprint density at radius 2 is 2.00 bits per heavy atom. The van der Waals surface area contributed by atoms with E-state index in [4.69, 9.17) is 21.1 Å². The predicted molar refractivity (Wildman–Crippen MR) is 62.7 cm³/mol. The van der Waals surface area contributed by atoms with Gasteiger partial charge in [0.05, 0.1) is 24.8 Å². The lowest BCUT2D eigenvalue weighted by atomic mass is 10.2. The summed E-state index contributed by atoms with van der Waals surface area (Å²) >= 11 is 6.03. The molecule has 2 rings (SSSR count). The Morgan fingerprint density at radius 1 is 1.25 bits per heavy atom. The summed E-state index contributed by atoms with van der Waals surface area (Å²) in [5, 5.41) is 1.16. The first-order valence-electron chi connectivity index (χ1n) is 4.61. The van der Waals surface area contributed by atoms with Gasteiger partial charge in [-0.05, 0) is 6.07 Å². The van der Waals surface area contributed by atoms with Crippen LogP contribution in [0.5, 0.6) is 11.5 Å². The highest BCUT2D eigenvalue weighted by atomic mass is 35.5. The second kappa shape index (κ2) is 4.06. The van der Waals surface area contributed by atoms with Crippen molar-refractivity contribution in [2.24, 2.45) is 0 Å². The molecule has 0 unspecified atom stereocenters. The summed E-state index contributed by atoms with van der Waals surface area (Å²) in [6.07, 6.45) is 0. The minimum atomic E-state index is -0.199. The maximum atomic E-state index is 11.3. The van der Waals surface area contributed by atoms with Gasteiger partial charge < -0.3 is 14.5 Å². The Kier molecular flexibility index (Phi) is 2.75. The van der Waals surface area contributed by atoms with Crippen molar-refractivity contribution in [1.82, 2.24) is 4.98 Å². The molecule has 1 aromatic carbocycles. The lowest BCUT2D eigenvalue weighted by molar-refractivity contribution is 0.410. The maximum Gasteiger partial charge on any atom is 0.248 e. The van der Waals surface area contributed by atoms with Crippen LogP contribution in [0, 0.1) is 0 Å². The van der Waals surface area contributed by atoms with Crippen LogP contribution in [0.4, 0.5) is 0 Å². The third-order valence-electron chi connectivity index (χ3n) is 2.31. The number of H-pyrrole nitrogens is 1. The van der Waals surface area contributed by atoms with Gasteiger partial charge in [0.2, 0.25) is 5.56 Å². The Hall–Kier alpha value is -1.68. The molecule has 1 heterocycles. The van der Waals surface area contributed by atoms with Crippen molar-refractivity contribution in [3.63, 3.8) is 0 Å². The van der Waals surface area contributed by atoms with Crippen molar-refractivity contribution < 1.29 is 9.47 Å². The van der Waals surface area contributed by atoms with Gasteiger partial charge in [0.25, 0.3) is 0 Å². The Bertz CT molecular complexity index is 592. The largest absolute Gasteiger partial charge is 0.494 e. The predicted octanol–water partition coefficient (Wildman–Crippen LogP) is 2.20. The van der Waals surface area contributed by atoms with Gasteiger partial charge in [0.1, 0.15) is 11.5 Å². The summed E-state index contributed by atoms with van der Waals surface area (Å²) in [6, 6.07) is 4.68. The average Bonchev–Trinajstić information content (AvgIpc) is 2.28. The highest BCUT2D eigenvalue weighted by Crippen LogP contribution is 2.37. The molecule has 0 atom stereocenters. The molecule has 0 spiro atoms. The summed E-state index contributed by atoms with van der Waals surface area (Å²) < 4.78 is 10.3. The molecular formula is C11H10ClNO3. The van der Waals surface area contributed by atoms with Crippen molar-refractivity contribution in [3.8, 4) is 11.5 Å². The topological polar surface area (TPSA) is 51.3 Å². The van der Waals surface area contributed by atoms with E-state index in [1.165, 1.54) is 20.3 Å². The first-order chi connectivity index (χ1) is 7.67. The van der Waals surface area contributed by atoms with Crippen LogP contribution >= 0.6 is 11.6 Å². The number of hydrogen-bond acceptors (Lipinski definition) is 3. The van der Waals surface area contributed by atoms with Crippen LogP contribution in [0.3, 0.4) is 0 Å². The maximum absolute atomic E-state index is 11.3. The van der Waals surface area contributed by atoms with Gasteiger partial charge in [-0.3, -0.25) is 4.79 Å². The number of pyridine rings is 1. The van der Waals surface area contributed by atoms with Crippen molar-refractivity contribution in [2.75, 3.05) is 14.2 Å². The third-order valence-corrected chi connectivity index (χ3v) is 2.59. The summed E-state index contributed by atoms with van der Waals surface area (Å²) in [5.74, 6) is 1.03. The summed E-state index contributed by atoms with van der Waals surface area (Å²) in [7, 11) is 3.04. The molecule has 84 valence electrons. The molecule has 16 heavy (non-hydrogen) atoms. The zero-order chi connectivity index (χ0) is 11.7. The fourth-order valence-corrected chi connectivity index (χ4v) is 1.89. The zero-order valence-electron chi connectivity index (χ0n) is 8.83. The van der Waals surface area contributed by atoms with E-state index in [-0.39, 0.29) is 5.56 Å². The Balaban J connectivity index is 2.93. The van der Waals surface area contributed by atoms with E-state index in [0.717, 1.165) is 0 Å². The van der Waals surface area contributed by atoms with Crippen molar-refractivity contribution in [3.05, 3.63) is 33.6 Å². The highest BCUT2D eigenvalue weighted by Gasteiger charge is 2.12. The number of methoxy groups -OCH3 is 2. The van der Waals surface area contributed by atoms with Crippen LogP contribution in [0.25, 0.3) is 10.9 Å². The number of benzene rings is 1. The minimum absolute atomic E-state index is 0.199. The second-order valence-corrected chi connectivity index (χ2v) is 3.61. The molecule has 0 aliphatic heterocycles. The molecule has 1 N–H and O–H groups in total. The smallest absolute Gasteiger partial charge is 0.248 e. The van der Waals surface area contributed by atoms with Gasteiger partial charge in [0, 0.05) is 17.5 Å². The molecule has 0 amide bonds. The van der Waals surface area contributed by atoms with Crippen LogP contribution in [0.1, 0.15) is 0 Å².